The number of likely N-dealkylation sites (tertiary alicyclic amines) is 1. The first kappa shape index (κ1) is 19.1. The Labute approximate surface area is 169 Å². The molecule has 1 saturated heterocycles. The number of carbonyl (C=O) groups excluding carboxylic acids is 2. The molecule has 1 unspecified atom stereocenters. The standard InChI is InChI=1S/C21H26N4O2S/c1-3-4-18-9-16(13-28-18)21(27)25-7-5-15(11-25)20-22-10-17-12-24(14(2)26)8-6-19(17)23-20/h9-10,13,15H,3-8,11-12H2,1-2H3. The summed E-state index contributed by atoms with van der Waals surface area (Å²) >= 11 is 1.68. The zero-order valence-corrected chi connectivity index (χ0v) is 17.3. The molecule has 2 aromatic heterocycles. The molecular formula is C21H26N4O2S. The fraction of sp³-hybridized carbons (Fsp3) is 0.524. The van der Waals surface area contributed by atoms with Gasteiger partial charge in [-0.2, -0.15) is 0 Å². The molecule has 0 bridgehead atoms. The highest BCUT2D eigenvalue weighted by atomic mass is 32.1. The molecule has 148 valence electrons. The third-order valence-corrected chi connectivity index (χ3v) is 6.63. The van der Waals surface area contributed by atoms with E-state index in [2.05, 4.69) is 11.9 Å². The number of thiophene rings is 1. The lowest BCUT2D eigenvalue weighted by molar-refractivity contribution is -0.129. The highest BCUT2D eigenvalue weighted by Gasteiger charge is 2.31. The van der Waals surface area contributed by atoms with Crippen LogP contribution < -0.4 is 0 Å². The molecule has 1 atom stereocenters. The molecule has 2 amide bonds. The van der Waals surface area contributed by atoms with Gasteiger partial charge in [0, 0.05) is 67.5 Å². The first-order chi connectivity index (χ1) is 13.5. The van der Waals surface area contributed by atoms with E-state index in [1.54, 1.807) is 18.3 Å². The van der Waals surface area contributed by atoms with Crippen LogP contribution in [0.15, 0.2) is 17.6 Å². The van der Waals surface area contributed by atoms with Crippen molar-refractivity contribution < 1.29 is 9.59 Å². The average molecular weight is 399 g/mol. The van der Waals surface area contributed by atoms with Crippen molar-refractivity contribution in [3.05, 3.63) is 45.2 Å². The summed E-state index contributed by atoms with van der Waals surface area (Å²) < 4.78 is 0. The van der Waals surface area contributed by atoms with E-state index in [4.69, 9.17) is 4.98 Å². The molecule has 6 nitrogen and oxygen atoms in total. The van der Waals surface area contributed by atoms with Crippen LogP contribution in [-0.2, 0) is 24.2 Å². The number of amides is 2. The summed E-state index contributed by atoms with van der Waals surface area (Å²) in [7, 11) is 0. The minimum Gasteiger partial charge on any atom is -0.338 e. The predicted molar refractivity (Wildman–Crippen MR) is 108 cm³/mol. The fourth-order valence-electron chi connectivity index (χ4n) is 4.01. The van der Waals surface area contributed by atoms with E-state index >= 15 is 0 Å². The molecule has 0 spiro atoms. The van der Waals surface area contributed by atoms with Gasteiger partial charge in [0.25, 0.3) is 5.91 Å². The lowest BCUT2D eigenvalue weighted by Crippen LogP contribution is -2.35. The molecule has 2 aliphatic heterocycles. The molecule has 0 aliphatic carbocycles. The monoisotopic (exact) mass is 398 g/mol. The SMILES string of the molecule is CCCc1cc(C(=O)N2CCC(c3ncc4c(n3)CCN(C(C)=O)C4)C2)cs1. The Kier molecular flexibility index (Phi) is 5.44. The van der Waals surface area contributed by atoms with E-state index in [9.17, 15) is 9.59 Å². The Bertz CT molecular complexity index is 894. The van der Waals surface area contributed by atoms with Gasteiger partial charge in [0.2, 0.25) is 5.91 Å². The summed E-state index contributed by atoms with van der Waals surface area (Å²) in [6.45, 7) is 6.49. The Morgan fingerprint density at radius 1 is 1.29 bits per heavy atom. The molecule has 0 saturated carbocycles. The van der Waals surface area contributed by atoms with Gasteiger partial charge in [-0.1, -0.05) is 13.3 Å². The third kappa shape index (κ3) is 3.81. The van der Waals surface area contributed by atoms with E-state index in [1.807, 2.05) is 27.4 Å². The number of nitrogens with zero attached hydrogens (tertiary/aromatic N) is 4. The van der Waals surface area contributed by atoms with Crippen LogP contribution in [0.4, 0.5) is 0 Å². The summed E-state index contributed by atoms with van der Waals surface area (Å²) in [4.78, 5) is 38.8. The van der Waals surface area contributed by atoms with Crippen molar-refractivity contribution >= 4 is 23.2 Å². The molecule has 0 aromatic carbocycles. The van der Waals surface area contributed by atoms with Crippen LogP contribution in [-0.4, -0.2) is 51.2 Å². The van der Waals surface area contributed by atoms with Gasteiger partial charge in [-0.15, -0.1) is 11.3 Å². The lowest BCUT2D eigenvalue weighted by Gasteiger charge is -2.27. The molecule has 28 heavy (non-hydrogen) atoms. The van der Waals surface area contributed by atoms with Crippen molar-refractivity contribution in [3.8, 4) is 0 Å². The Morgan fingerprint density at radius 3 is 2.93 bits per heavy atom. The van der Waals surface area contributed by atoms with Crippen molar-refractivity contribution in [2.24, 2.45) is 0 Å². The van der Waals surface area contributed by atoms with Crippen molar-refractivity contribution in [1.82, 2.24) is 19.8 Å². The Morgan fingerprint density at radius 2 is 2.14 bits per heavy atom. The molecule has 0 radical (unpaired) electrons. The van der Waals surface area contributed by atoms with Crippen LogP contribution in [0.2, 0.25) is 0 Å². The summed E-state index contributed by atoms with van der Waals surface area (Å²) in [6.07, 6.45) is 5.67. The second kappa shape index (κ2) is 7.99. The minimum atomic E-state index is 0.0928. The minimum absolute atomic E-state index is 0.0928. The number of fused-ring (bicyclic) bond motifs is 1. The highest BCUT2D eigenvalue weighted by molar-refractivity contribution is 7.10. The first-order valence-electron chi connectivity index (χ1n) is 10.0. The topological polar surface area (TPSA) is 66.4 Å². The van der Waals surface area contributed by atoms with E-state index in [-0.39, 0.29) is 17.7 Å². The van der Waals surface area contributed by atoms with Crippen molar-refractivity contribution in [3.63, 3.8) is 0 Å². The maximum Gasteiger partial charge on any atom is 0.254 e. The van der Waals surface area contributed by atoms with Crippen LogP contribution in [0.3, 0.4) is 0 Å². The largest absolute Gasteiger partial charge is 0.338 e. The van der Waals surface area contributed by atoms with E-state index in [0.717, 1.165) is 54.9 Å². The average Bonchev–Trinajstić information content (AvgIpc) is 3.37. The summed E-state index contributed by atoms with van der Waals surface area (Å²) in [5.74, 6) is 1.24. The molecular weight excluding hydrogens is 372 g/mol. The smallest absolute Gasteiger partial charge is 0.254 e. The van der Waals surface area contributed by atoms with Crippen LogP contribution in [0, 0.1) is 0 Å². The van der Waals surface area contributed by atoms with Gasteiger partial charge in [0.15, 0.2) is 0 Å². The zero-order chi connectivity index (χ0) is 19.7. The summed E-state index contributed by atoms with van der Waals surface area (Å²) in [5.41, 5.74) is 2.90. The number of hydrogen-bond donors (Lipinski definition) is 0. The third-order valence-electron chi connectivity index (χ3n) is 5.64. The van der Waals surface area contributed by atoms with Gasteiger partial charge in [-0.25, -0.2) is 9.97 Å². The molecule has 1 fully saturated rings. The number of hydrogen-bond acceptors (Lipinski definition) is 5. The first-order valence-corrected chi connectivity index (χ1v) is 10.9. The second-order valence-corrected chi connectivity index (χ2v) is 8.67. The highest BCUT2D eigenvalue weighted by Crippen LogP contribution is 2.28. The van der Waals surface area contributed by atoms with Crippen molar-refractivity contribution in [1.29, 1.82) is 0 Å². The van der Waals surface area contributed by atoms with Crippen molar-refractivity contribution in [2.45, 2.75) is 52.0 Å². The lowest BCUT2D eigenvalue weighted by atomic mass is 10.0. The quantitative estimate of drug-likeness (QED) is 0.794. The van der Waals surface area contributed by atoms with Gasteiger partial charge >= 0.3 is 0 Å². The van der Waals surface area contributed by atoms with Gasteiger partial charge in [-0.05, 0) is 18.9 Å². The van der Waals surface area contributed by atoms with Gasteiger partial charge in [0.05, 0.1) is 11.3 Å². The second-order valence-electron chi connectivity index (χ2n) is 7.68. The molecule has 4 heterocycles. The van der Waals surface area contributed by atoms with E-state index in [1.165, 1.54) is 4.88 Å². The van der Waals surface area contributed by atoms with Crippen LogP contribution in [0.1, 0.15) is 64.9 Å². The van der Waals surface area contributed by atoms with E-state index in [0.29, 0.717) is 19.6 Å². The molecule has 2 aliphatic rings. The number of aromatic nitrogens is 2. The molecule has 2 aromatic rings. The Hall–Kier alpha value is -2.28. The fourth-order valence-corrected chi connectivity index (χ4v) is 4.97. The molecule has 0 N–H and O–H groups in total. The van der Waals surface area contributed by atoms with Crippen LogP contribution in [0.25, 0.3) is 0 Å². The molecule has 4 rings (SSSR count). The maximum absolute atomic E-state index is 12.8. The number of carbonyl (C=O) groups is 2. The Balaban J connectivity index is 1.43. The van der Waals surface area contributed by atoms with E-state index < -0.39 is 0 Å². The van der Waals surface area contributed by atoms with Crippen LogP contribution in [0.5, 0.6) is 0 Å². The summed E-state index contributed by atoms with van der Waals surface area (Å²) in [5, 5.41) is 1.98. The van der Waals surface area contributed by atoms with Gasteiger partial charge in [0.1, 0.15) is 5.82 Å². The van der Waals surface area contributed by atoms with Gasteiger partial charge in [-0.3, -0.25) is 9.59 Å². The number of aryl methyl sites for hydroxylation is 1. The van der Waals surface area contributed by atoms with Gasteiger partial charge < -0.3 is 9.80 Å². The summed E-state index contributed by atoms with van der Waals surface area (Å²) in [6, 6.07) is 2.04. The normalized spacial score (nSPS) is 19.0. The zero-order valence-electron chi connectivity index (χ0n) is 16.5. The maximum atomic E-state index is 12.8. The molecule has 7 heteroatoms. The van der Waals surface area contributed by atoms with Crippen molar-refractivity contribution in [2.75, 3.05) is 19.6 Å². The van der Waals surface area contributed by atoms with Crippen LogP contribution >= 0.6 is 11.3 Å². The predicted octanol–water partition coefficient (Wildman–Crippen LogP) is 3.02. The number of rotatable bonds is 4.